The van der Waals surface area contributed by atoms with Crippen molar-refractivity contribution in [1.29, 1.82) is 5.26 Å². The van der Waals surface area contributed by atoms with Crippen LogP contribution in [0.4, 0.5) is 11.4 Å². The lowest BCUT2D eigenvalue weighted by atomic mass is 10.00. The first kappa shape index (κ1) is 24.8. The predicted molar refractivity (Wildman–Crippen MR) is 152 cm³/mol. The highest BCUT2D eigenvalue weighted by Gasteiger charge is 2.34. The van der Waals surface area contributed by atoms with Crippen molar-refractivity contribution in [2.75, 3.05) is 62.2 Å². The number of nitriles is 1. The molecule has 0 spiro atoms. The minimum atomic E-state index is 0.138. The third-order valence-corrected chi connectivity index (χ3v) is 8.67. The number of amides is 1. The van der Waals surface area contributed by atoms with Crippen molar-refractivity contribution in [3.05, 3.63) is 94.0 Å². The maximum atomic E-state index is 13.7. The summed E-state index contributed by atoms with van der Waals surface area (Å²) in [5.74, 6) is 0.138. The first-order chi connectivity index (χ1) is 18.6. The van der Waals surface area contributed by atoms with Crippen LogP contribution in [0.2, 0.25) is 5.02 Å². The molecule has 3 aromatic carbocycles. The van der Waals surface area contributed by atoms with Gasteiger partial charge in [0.05, 0.1) is 22.0 Å². The summed E-state index contributed by atoms with van der Waals surface area (Å²) >= 11 is 6.45. The van der Waals surface area contributed by atoms with E-state index in [0.717, 1.165) is 74.1 Å². The molecule has 1 amide bonds. The summed E-state index contributed by atoms with van der Waals surface area (Å²) in [7, 11) is 0. The predicted octanol–water partition coefficient (Wildman–Crippen LogP) is 4.98. The number of piperazine rings is 2. The van der Waals surface area contributed by atoms with E-state index < -0.39 is 0 Å². The van der Waals surface area contributed by atoms with Crippen molar-refractivity contribution in [3.8, 4) is 6.07 Å². The Bertz CT molecular complexity index is 1370. The van der Waals surface area contributed by atoms with Crippen molar-refractivity contribution in [3.63, 3.8) is 0 Å². The van der Waals surface area contributed by atoms with Crippen LogP contribution in [0.15, 0.2) is 66.7 Å². The van der Waals surface area contributed by atoms with Gasteiger partial charge in [-0.15, -0.1) is 0 Å². The fourth-order valence-corrected chi connectivity index (χ4v) is 6.61. The highest BCUT2D eigenvalue weighted by atomic mass is 35.5. The summed E-state index contributed by atoms with van der Waals surface area (Å²) in [5, 5.41) is 10.3. The number of carbonyl (C=O) groups is 1. The quantitative estimate of drug-likeness (QED) is 0.480. The molecule has 194 valence electrons. The first-order valence-corrected chi connectivity index (χ1v) is 13.9. The number of anilines is 2. The zero-order chi connectivity index (χ0) is 26.1. The van der Waals surface area contributed by atoms with Crippen LogP contribution in [0.1, 0.15) is 39.5 Å². The lowest BCUT2D eigenvalue weighted by Gasteiger charge is -2.39. The summed E-state index contributed by atoms with van der Waals surface area (Å²) in [4.78, 5) is 22.8. The maximum Gasteiger partial charge on any atom is 0.254 e. The molecule has 1 unspecified atom stereocenters. The third-order valence-electron chi connectivity index (χ3n) is 8.35. The Balaban J connectivity index is 1.12. The Labute approximate surface area is 229 Å². The molecule has 0 bridgehead atoms. The summed E-state index contributed by atoms with van der Waals surface area (Å²) in [6, 6.07) is 24.7. The average molecular weight is 526 g/mol. The van der Waals surface area contributed by atoms with E-state index in [1.165, 1.54) is 11.1 Å². The van der Waals surface area contributed by atoms with Crippen LogP contribution in [-0.4, -0.2) is 68.1 Å². The molecular formula is C31H32ClN5O. The molecule has 0 radical (unpaired) electrons. The number of para-hydroxylation sites is 2. The van der Waals surface area contributed by atoms with Gasteiger partial charge in [-0.3, -0.25) is 9.69 Å². The Morgan fingerprint density at radius 3 is 2.18 bits per heavy atom. The summed E-state index contributed by atoms with van der Waals surface area (Å²) in [6.45, 7) is 6.67. The molecule has 2 heterocycles. The second kappa shape index (κ2) is 10.7. The highest BCUT2D eigenvalue weighted by molar-refractivity contribution is 6.33. The Morgan fingerprint density at radius 2 is 1.45 bits per heavy atom. The topological polar surface area (TPSA) is 53.8 Å². The van der Waals surface area contributed by atoms with Gasteiger partial charge in [0.15, 0.2) is 0 Å². The van der Waals surface area contributed by atoms with Crippen LogP contribution < -0.4 is 9.80 Å². The number of carbonyl (C=O) groups excluding carboxylic acids is 1. The Kier molecular flexibility index (Phi) is 6.97. The van der Waals surface area contributed by atoms with Gasteiger partial charge >= 0.3 is 0 Å². The Morgan fingerprint density at radius 1 is 0.789 bits per heavy atom. The van der Waals surface area contributed by atoms with Crippen molar-refractivity contribution < 1.29 is 4.79 Å². The average Bonchev–Trinajstić information content (AvgIpc) is 3.42. The molecule has 1 aliphatic carbocycles. The molecule has 1 atom stereocenters. The van der Waals surface area contributed by atoms with E-state index in [1.54, 1.807) is 0 Å². The molecule has 0 N–H and O–H groups in total. The van der Waals surface area contributed by atoms with Gasteiger partial charge in [0.2, 0.25) is 0 Å². The molecule has 2 fully saturated rings. The molecule has 2 aliphatic heterocycles. The maximum absolute atomic E-state index is 13.7. The number of hydrogen-bond acceptors (Lipinski definition) is 5. The molecule has 2 saturated heterocycles. The fourth-order valence-electron chi connectivity index (χ4n) is 6.36. The lowest BCUT2D eigenvalue weighted by molar-refractivity contribution is 0.0745. The van der Waals surface area contributed by atoms with Crippen molar-refractivity contribution in [1.82, 2.24) is 9.80 Å². The number of hydrogen-bond donors (Lipinski definition) is 0. The van der Waals surface area contributed by atoms with Crippen LogP contribution in [-0.2, 0) is 6.42 Å². The second-order valence-electron chi connectivity index (χ2n) is 10.3. The number of fused-ring (bicyclic) bond motifs is 1. The normalized spacial score (nSPS) is 19.8. The van der Waals surface area contributed by atoms with Crippen molar-refractivity contribution in [2.24, 2.45) is 0 Å². The van der Waals surface area contributed by atoms with Crippen LogP contribution in [0.5, 0.6) is 0 Å². The van der Waals surface area contributed by atoms with Gasteiger partial charge in [-0.2, -0.15) is 5.26 Å². The fraction of sp³-hybridized carbons (Fsp3) is 0.355. The zero-order valence-electron chi connectivity index (χ0n) is 21.5. The molecule has 6 nitrogen and oxygen atoms in total. The summed E-state index contributed by atoms with van der Waals surface area (Å²) < 4.78 is 0. The second-order valence-corrected chi connectivity index (χ2v) is 10.7. The first-order valence-electron chi connectivity index (χ1n) is 13.5. The van der Waals surface area contributed by atoms with Gasteiger partial charge in [0.1, 0.15) is 6.07 Å². The SMILES string of the molecule is N#Cc1ccccc1N1CCN(C(=O)c2cccc3c2CCC3N2CCN(c3ccccc3Cl)CC2)CC1. The van der Waals surface area contributed by atoms with Gasteiger partial charge in [-0.05, 0) is 54.3 Å². The van der Waals surface area contributed by atoms with Gasteiger partial charge in [0, 0.05) is 64.0 Å². The van der Waals surface area contributed by atoms with E-state index in [4.69, 9.17) is 11.6 Å². The molecule has 6 rings (SSSR count). The van der Waals surface area contributed by atoms with Crippen molar-refractivity contribution in [2.45, 2.75) is 18.9 Å². The van der Waals surface area contributed by atoms with Crippen LogP contribution in [0, 0.1) is 11.3 Å². The standard InChI is InChI=1S/C31H32ClN5O/c32-27-9-2-4-11-30(27)36-16-14-35(15-17-36)29-13-12-24-25(29)7-5-8-26(24)31(38)37-20-18-34(19-21-37)28-10-3-1-6-23(28)22-33/h1-11,29H,12-21H2. The minimum Gasteiger partial charge on any atom is -0.368 e. The van der Waals surface area contributed by atoms with E-state index in [9.17, 15) is 10.1 Å². The molecule has 7 heteroatoms. The molecule has 38 heavy (non-hydrogen) atoms. The molecule has 0 aromatic heterocycles. The number of halogens is 1. The molecule has 3 aliphatic rings. The van der Waals surface area contributed by atoms with E-state index in [0.29, 0.717) is 24.7 Å². The number of nitrogens with zero attached hydrogens (tertiary/aromatic N) is 5. The Hall–Kier alpha value is -3.53. The van der Waals surface area contributed by atoms with E-state index in [2.05, 4.69) is 39.0 Å². The summed E-state index contributed by atoms with van der Waals surface area (Å²) in [6.07, 6.45) is 2.01. The van der Waals surface area contributed by atoms with Gasteiger partial charge < -0.3 is 14.7 Å². The highest BCUT2D eigenvalue weighted by Crippen LogP contribution is 2.39. The van der Waals surface area contributed by atoms with E-state index in [-0.39, 0.29) is 5.91 Å². The molecular weight excluding hydrogens is 494 g/mol. The number of benzene rings is 3. The van der Waals surface area contributed by atoms with Gasteiger partial charge in [0.25, 0.3) is 5.91 Å². The molecule has 3 aromatic rings. The smallest absolute Gasteiger partial charge is 0.254 e. The monoisotopic (exact) mass is 525 g/mol. The van der Waals surface area contributed by atoms with Crippen LogP contribution in [0.3, 0.4) is 0 Å². The van der Waals surface area contributed by atoms with E-state index in [1.807, 2.05) is 53.4 Å². The molecule has 0 saturated carbocycles. The van der Waals surface area contributed by atoms with Crippen molar-refractivity contribution >= 4 is 28.9 Å². The summed E-state index contributed by atoms with van der Waals surface area (Å²) in [5.41, 5.74) is 6.18. The number of rotatable bonds is 4. The largest absolute Gasteiger partial charge is 0.368 e. The van der Waals surface area contributed by atoms with Crippen LogP contribution in [0.25, 0.3) is 0 Å². The third kappa shape index (κ3) is 4.62. The minimum absolute atomic E-state index is 0.138. The lowest BCUT2D eigenvalue weighted by Crippen LogP contribution is -2.49. The van der Waals surface area contributed by atoms with Gasteiger partial charge in [-0.1, -0.05) is 48.0 Å². The zero-order valence-corrected chi connectivity index (χ0v) is 22.3. The van der Waals surface area contributed by atoms with Gasteiger partial charge in [-0.25, -0.2) is 0 Å². The van der Waals surface area contributed by atoms with E-state index >= 15 is 0 Å². The van der Waals surface area contributed by atoms with Crippen LogP contribution >= 0.6 is 11.6 Å².